The summed E-state index contributed by atoms with van der Waals surface area (Å²) < 4.78 is 5.61. The topological polar surface area (TPSA) is 47.0 Å². The number of likely N-dealkylation sites (N-methyl/N-ethyl adjacent to an activating group) is 1. The number of aromatic nitrogens is 2. The van der Waals surface area contributed by atoms with Crippen molar-refractivity contribution >= 4 is 11.0 Å². The molecule has 0 aliphatic rings. The van der Waals surface area contributed by atoms with Gasteiger partial charge in [0.05, 0.1) is 11.0 Å². The van der Waals surface area contributed by atoms with Crippen molar-refractivity contribution < 1.29 is 4.74 Å². The number of benzene rings is 1. The first kappa shape index (κ1) is 11.8. The van der Waals surface area contributed by atoms with E-state index < -0.39 is 0 Å². The normalized spacial score (nSPS) is 10.7. The van der Waals surface area contributed by atoms with E-state index in [0.717, 1.165) is 29.8 Å². The van der Waals surface area contributed by atoms with Crippen LogP contribution in [-0.2, 0) is 0 Å². The van der Waals surface area contributed by atoms with Gasteiger partial charge in [0, 0.05) is 6.54 Å². The molecule has 0 aliphatic heterocycles. The Morgan fingerprint density at radius 1 is 1.18 bits per heavy atom. The van der Waals surface area contributed by atoms with Crippen LogP contribution in [0.3, 0.4) is 0 Å². The van der Waals surface area contributed by atoms with Crippen LogP contribution in [0.2, 0.25) is 0 Å². The molecule has 1 heterocycles. The molecule has 0 saturated heterocycles. The van der Waals surface area contributed by atoms with Gasteiger partial charge in [-0.2, -0.15) is 0 Å². The molecule has 0 aliphatic carbocycles. The first-order valence-electron chi connectivity index (χ1n) is 5.88. The van der Waals surface area contributed by atoms with E-state index in [-0.39, 0.29) is 0 Å². The zero-order chi connectivity index (χ0) is 12.1. The molecule has 90 valence electrons. The Labute approximate surface area is 101 Å². The van der Waals surface area contributed by atoms with Crippen LogP contribution in [0.1, 0.15) is 12.6 Å². The van der Waals surface area contributed by atoms with Gasteiger partial charge in [0.1, 0.15) is 12.3 Å². The summed E-state index contributed by atoms with van der Waals surface area (Å²) >= 11 is 0. The number of hydrogen-bond acceptors (Lipinski definition) is 4. The molecular formula is C13H17N3O. The summed E-state index contributed by atoms with van der Waals surface area (Å²) in [5, 5.41) is 3.20. The lowest BCUT2D eigenvalue weighted by molar-refractivity contribution is 0.301. The Morgan fingerprint density at radius 3 is 2.59 bits per heavy atom. The van der Waals surface area contributed by atoms with E-state index in [1.54, 1.807) is 0 Å². The Kier molecular flexibility index (Phi) is 3.88. The number of ether oxygens (including phenoxy) is 1. The molecule has 1 N–H and O–H groups in total. The van der Waals surface area contributed by atoms with Crippen molar-refractivity contribution in [2.75, 3.05) is 19.7 Å². The van der Waals surface area contributed by atoms with E-state index in [1.807, 2.05) is 31.2 Å². The van der Waals surface area contributed by atoms with Crippen LogP contribution in [0.25, 0.3) is 11.0 Å². The van der Waals surface area contributed by atoms with Crippen LogP contribution in [0, 0.1) is 6.92 Å². The van der Waals surface area contributed by atoms with Gasteiger partial charge in [0.2, 0.25) is 5.88 Å². The van der Waals surface area contributed by atoms with E-state index in [4.69, 9.17) is 4.74 Å². The molecule has 2 rings (SSSR count). The second-order valence-corrected chi connectivity index (χ2v) is 3.80. The van der Waals surface area contributed by atoms with E-state index in [2.05, 4.69) is 22.2 Å². The van der Waals surface area contributed by atoms with Crippen molar-refractivity contribution in [2.45, 2.75) is 13.8 Å². The van der Waals surface area contributed by atoms with Crippen molar-refractivity contribution in [3.63, 3.8) is 0 Å². The van der Waals surface area contributed by atoms with Gasteiger partial charge in [-0.25, -0.2) is 9.97 Å². The number of para-hydroxylation sites is 2. The summed E-state index contributed by atoms with van der Waals surface area (Å²) in [6, 6.07) is 7.81. The number of nitrogens with one attached hydrogen (secondary N) is 1. The lowest BCUT2D eigenvalue weighted by Crippen LogP contribution is -2.20. The third-order valence-corrected chi connectivity index (χ3v) is 2.47. The fraction of sp³-hybridized carbons (Fsp3) is 0.385. The second-order valence-electron chi connectivity index (χ2n) is 3.80. The first-order valence-corrected chi connectivity index (χ1v) is 5.88. The summed E-state index contributed by atoms with van der Waals surface area (Å²) in [5.74, 6) is 0.626. The molecule has 0 amide bonds. The highest BCUT2D eigenvalue weighted by Crippen LogP contribution is 2.17. The molecule has 0 radical (unpaired) electrons. The van der Waals surface area contributed by atoms with Crippen LogP contribution in [0.4, 0.5) is 0 Å². The van der Waals surface area contributed by atoms with Gasteiger partial charge in [-0.3, -0.25) is 0 Å². The summed E-state index contributed by atoms with van der Waals surface area (Å²) in [7, 11) is 0. The SMILES string of the molecule is CCNCCOc1nc2ccccc2nc1C. The Bertz CT molecular complexity index is 499. The minimum Gasteiger partial charge on any atom is -0.475 e. The predicted octanol–water partition coefficient (Wildman–Crippen LogP) is 1.93. The molecule has 0 saturated carbocycles. The van der Waals surface area contributed by atoms with Crippen LogP contribution >= 0.6 is 0 Å². The van der Waals surface area contributed by atoms with Crippen molar-refractivity contribution in [2.24, 2.45) is 0 Å². The van der Waals surface area contributed by atoms with Gasteiger partial charge >= 0.3 is 0 Å². The van der Waals surface area contributed by atoms with Crippen LogP contribution in [0.5, 0.6) is 5.88 Å². The molecule has 4 heteroatoms. The second kappa shape index (κ2) is 5.59. The molecule has 1 aromatic carbocycles. The maximum Gasteiger partial charge on any atom is 0.235 e. The Balaban J connectivity index is 2.14. The molecule has 0 atom stereocenters. The number of nitrogens with zero attached hydrogens (tertiary/aromatic N) is 2. The van der Waals surface area contributed by atoms with E-state index >= 15 is 0 Å². The summed E-state index contributed by atoms with van der Waals surface area (Å²) in [4.78, 5) is 8.93. The maximum atomic E-state index is 5.61. The van der Waals surface area contributed by atoms with Gasteiger partial charge in [-0.1, -0.05) is 19.1 Å². The fourth-order valence-corrected chi connectivity index (χ4v) is 1.61. The third-order valence-electron chi connectivity index (χ3n) is 2.47. The quantitative estimate of drug-likeness (QED) is 0.799. The molecule has 1 aromatic heterocycles. The van der Waals surface area contributed by atoms with Crippen LogP contribution < -0.4 is 10.1 Å². The first-order chi connectivity index (χ1) is 8.31. The van der Waals surface area contributed by atoms with Gasteiger partial charge in [-0.15, -0.1) is 0 Å². The standard InChI is InChI=1S/C13H17N3O/c1-3-14-8-9-17-13-10(2)15-11-6-4-5-7-12(11)16-13/h4-7,14H,3,8-9H2,1-2H3. The average molecular weight is 231 g/mol. The number of rotatable bonds is 5. The zero-order valence-corrected chi connectivity index (χ0v) is 10.2. The van der Waals surface area contributed by atoms with Crippen LogP contribution in [0.15, 0.2) is 24.3 Å². The average Bonchev–Trinajstić information content (AvgIpc) is 2.35. The monoisotopic (exact) mass is 231 g/mol. The maximum absolute atomic E-state index is 5.61. The lowest BCUT2D eigenvalue weighted by atomic mass is 10.3. The molecule has 0 unspecified atom stereocenters. The fourth-order valence-electron chi connectivity index (χ4n) is 1.61. The highest BCUT2D eigenvalue weighted by molar-refractivity contribution is 5.74. The largest absolute Gasteiger partial charge is 0.475 e. The molecule has 4 nitrogen and oxygen atoms in total. The van der Waals surface area contributed by atoms with Gasteiger partial charge in [-0.05, 0) is 25.6 Å². The summed E-state index contributed by atoms with van der Waals surface area (Å²) in [5.41, 5.74) is 2.61. The van der Waals surface area contributed by atoms with E-state index in [9.17, 15) is 0 Å². The van der Waals surface area contributed by atoms with Gasteiger partial charge < -0.3 is 10.1 Å². The van der Waals surface area contributed by atoms with Crippen molar-refractivity contribution in [3.05, 3.63) is 30.0 Å². The molecule has 0 spiro atoms. The Morgan fingerprint density at radius 2 is 1.88 bits per heavy atom. The van der Waals surface area contributed by atoms with Gasteiger partial charge in [0.25, 0.3) is 0 Å². The minimum absolute atomic E-state index is 0.613. The Hall–Kier alpha value is -1.68. The molecule has 0 bridgehead atoms. The highest BCUT2D eigenvalue weighted by atomic mass is 16.5. The number of hydrogen-bond donors (Lipinski definition) is 1. The van der Waals surface area contributed by atoms with Crippen molar-refractivity contribution in [1.82, 2.24) is 15.3 Å². The minimum atomic E-state index is 0.613. The molecule has 0 fully saturated rings. The zero-order valence-electron chi connectivity index (χ0n) is 10.2. The molecular weight excluding hydrogens is 214 g/mol. The number of fused-ring (bicyclic) bond motifs is 1. The summed E-state index contributed by atoms with van der Waals surface area (Å²) in [6.07, 6.45) is 0. The van der Waals surface area contributed by atoms with Crippen LogP contribution in [-0.4, -0.2) is 29.7 Å². The summed E-state index contributed by atoms with van der Waals surface area (Å²) in [6.45, 7) is 6.38. The lowest BCUT2D eigenvalue weighted by Gasteiger charge is -2.08. The van der Waals surface area contributed by atoms with Crippen molar-refractivity contribution in [3.8, 4) is 5.88 Å². The number of aryl methyl sites for hydroxylation is 1. The van der Waals surface area contributed by atoms with Gasteiger partial charge in [0.15, 0.2) is 0 Å². The smallest absolute Gasteiger partial charge is 0.235 e. The van der Waals surface area contributed by atoms with E-state index in [0.29, 0.717) is 12.5 Å². The van der Waals surface area contributed by atoms with E-state index in [1.165, 1.54) is 0 Å². The molecule has 17 heavy (non-hydrogen) atoms. The highest BCUT2D eigenvalue weighted by Gasteiger charge is 2.05. The predicted molar refractivity (Wildman–Crippen MR) is 68.3 cm³/mol. The molecule has 2 aromatic rings. The third kappa shape index (κ3) is 2.91. The van der Waals surface area contributed by atoms with Crippen molar-refractivity contribution in [1.29, 1.82) is 0 Å².